The van der Waals surface area contributed by atoms with Crippen molar-refractivity contribution in [2.24, 2.45) is 0 Å². The number of amides is 1. The van der Waals surface area contributed by atoms with Crippen LogP contribution < -0.4 is 0 Å². The summed E-state index contributed by atoms with van der Waals surface area (Å²) in [5, 5.41) is 4.70. The number of hydrogen-bond acceptors (Lipinski definition) is 7. The Kier molecular flexibility index (Phi) is 5.56. The minimum Gasteiger partial charge on any atom is -0.340 e. The van der Waals surface area contributed by atoms with Gasteiger partial charge in [-0.05, 0) is 12.1 Å². The molecule has 2 aromatic heterocycles. The maximum Gasteiger partial charge on any atom is 0.259 e. The number of carbonyl (C=O) groups is 1. The highest BCUT2D eigenvalue weighted by Gasteiger charge is 2.17. The molecule has 1 aliphatic rings. The van der Waals surface area contributed by atoms with E-state index < -0.39 is 0 Å². The number of hydrogen-bond donors (Lipinski definition) is 0. The zero-order valence-corrected chi connectivity index (χ0v) is 14.5. The molecule has 0 spiro atoms. The van der Waals surface area contributed by atoms with Crippen LogP contribution in [0, 0.1) is 0 Å². The molecule has 0 saturated carbocycles. The van der Waals surface area contributed by atoms with E-state index in [0.717, 1.165) is 41.6 Å². The minimum absolute atomic E-state index is 0.186. The Hall–Kier alpha value is -1.54. The van der Waals surface area contributed by atoms with Crippen molar-refractivity contribution in [3.63, 3.8) is 0 Å². The molecule has 2 aromatic rings. The molecule has 8 heteroatoms. The molecule has 0 unspecified atom stereocenters. The highest BCUT2D eigenvalue weighted by atomic mass is 32.2. The number of pyridine rings is 1. The van der Waals surface area contributed by atoms with Gasteiger partial charge < -0.3 is 9.42 Å². The molecular weight excluding hydrogens is 332 g/mol. The standard InChI is InChI=1S/C15H18N4O2S2/c1-2-12-17-15(21-18-12)11-3-4-13(16-9-11)23-10-14(20)19-5-7-22-8-6-19/h3-4,9H,2,5-8,10H2,1H3. The number of aryl methyl sites for hydroxylation is 1. The van der Waals surface area contributed by atoms with Crippen molar-refractivity contribution in [3.05, 3.63) is 24.2 Å². The van der Waals surface area contributed by atoms with Gasteiger partial charge in [-0.3, -0.25) is 4.79 Å². The van der Waals surface area contributed by atoms with Crippen molar-refractivity contribution in [3.8, 4) is 11.5 Å². The van der Waals surface area contributed by atoms with Gasteiger partial charge in [0.2, 0.25) is 5.91 Å². The van der Waals surface area contributed by atoms with Gasteiger partial charge in [0.05, 0.1) is 16.3 Å². The van der Waals surface area contributed by atoms with Gasteiger partial charge >= 0.3 is 0 Å². The lowest BCUT2D eigenvalue weighted by atomic mass is 10.3. The molecule has 23 heavy (non-hydrogen) atoms. The van der Waals surface area contributed by atoms with Crippen LogP contribution in [-0.4, -0.2) is 56.3 Å². The third-order valence-electron chi connectivity index (χ3n) is 3.47. The van der Waals surface area contributed by atoms with E-state index in [2.05, 4.69) is 15.1 Å². The van der Waals surface area contributed by atoms with Crippen molar-refractivity contribution >= 4 is 29.4 Å². The average molecular weight is 350 g/mol. The third-order valence-corrected chi connectivity index (χ3v) is 5.35. The van der Waals surface area contributed by atoms with Crippen molar-refractivity contribution in [2.45, 2.75) is 18.4 Å². The topological polar surface area (TPSA) is 72.1 Å². The van der Waals surface area contributed by atoms with Crippen LogP contribution in [0.2, 0.25) is 0 Å². The first-order valence-electron chi connectivity index (χ1n) is 7.53. The van der Waals surface area contributed by atoms with Gasteiger partial charge in [0, 0.05) is 37.2 Å². The molecule has 0 bridgehead atoms. The molecule has 0 aromatic carbocycles. The van der Waals surface area contributed by atoms with Gasteiger partial charge in [-0.1, -0.05) is 23.8 Å². The van der Waals surface area contributed by atoms with Gasteiger partial charge in [-0.15, -0.1) is 0 Å². The summed E-state index contributed by atoms with van der Waals surface area (Å²) in [6, 6.07) is 3.78. The summed E-state index contributed by atoms with van der Waals surface area (Å²) in [4.78, 5) is 22.7. The zero-order chi connectivity index (χ0) is 16.1. The van der Waals surface area contributed by atoms with Crippen LogP contribution in [0.25, 0.3) is 11.5 Å². The van der Waals surface area contributed by atoms with Gasteiger partial charge in [0.25, 0.3) is 5.89 Å². The molecule has 122 valence electrons. The monoisotopic (exact) mass is 350 g/mol. The molecule has 1 amide bonds. The first-order valence-corrected chi connectivity index (χ1v) is 9.67. The molecule has 6 nitrogen and oxygen atoms in total. The van der Waals surface area contributed by atoms with Crippen LogP contribution in [0.4, 0.5) is 0 Å². The highest BCUT2D eigenvalue weighted by Crippen LogP contribution is 2.21. The fourth-order valence-corrected chi connectivity index (χ4v) is 3.80. The maximum absolute atomic E-state index is 12.1. The second-order valence-electron chi connectivity index (χ2n) is 5.04. The number of thioether (sulfide) groups is 2. The highest BCUT2D eigenvalue weighted by molar-refractivity contribution is 8.00. The summed E-state index contributed by atoms with van der Waals surface area (Å²) in [6.45, 7) is 3.69. The third kappa shape index (κ3) is 4.26. The quantitative estimate of drug-likeness (QED) is 0.767. The van der Waals surface area contributed by atoms with E-state index in [9.17, 15) is 4.79 Å². The SMILES string of the molecule is CCc1noc(-c2ccc(SCC(=O)N3CCSCC3)nc2)n1. The Bertz CT molecular complexity index is 654. The van der Waals surface area contributed by atoms with E-state index in [1.165, 1.54) is 11.8 Å². The Morgan fingerprint density at radius 1 is 1.39 bits per heavy atom. The Balaban J connectivity index is 1.55. The lowest BCUT2D eigenvalue weighted by molar-refractivity contribution is -0.127. The van der Waals surface area contributed by atoms with E-state index in [1.54, 1.807) is 6.20 Å². The average Bonchev–Trinajstić information content (AvgIpc) is 3.10. The lowest BCUT2D eigenvalue weighted by Gasteiger charge is -2.26. The predicted octanol–water partition coefficient (Wildman–Crippen LogP) is 2.36. The summed E-state index contributed by atoms with van der Waals surface area (Å²) in [7, 11) is 0. The van der Waals surface area contributed by atoms with E-state index in [4.69, 9.17) is 4.52 Å². The Morgan fingerprint density at radius 2 is 2.22 bits per heavy atom. The molecule has 0 radical (unpaired) electrons. The van der Waals surface area contributed by atoms with Crippen molar-refractivity contribution in [1.29, 1.82) is 0 Å². The summed E-state index contributed by atoms with van der Waals surface area (Å²) in [5.74, 6) is 3.85. The van der Waals surface area contributed by atoms with Crippen LogP contribution in [0.15, 0.2) is 27.9 Å². The molecular formula is C15H18N4O2S2. The fraction of sp³-hybridized carbons (Fsp3) is 0.467. The van der Waals surface area contributed by atoms with Crippen LogP contribution in [0.3, 0.4) is 0 Å². The molecule has 3 heterocycles. The number of carbonyl (C=O) groups excluding carboxylic acids is 1. The van der Waals surface area contributed by atoms with Gasteiger partial charge in [-0.25, -0.2) is 4.98 Å². The van der Waals surface area contributed by atoms with Crippen LogP contribution in [0.5, 0.6) is 0 Å². The summed E-state index contributed by atoms with van der Waals surface area (Å²) >= 11 is 3.36. The molecule has 1 saturated heterocycles. The Morgan fingerprint density at radius 3 is 2.87 bits per heavy atom. The molecule has 0 atom stereocenters. The number of rotatable bonds is 5. The predicted molar refractivity (Wildman–Crippen MR) is 91.5 cm³/mol. The van der Waals surface area contributed by atoms with E-state index in [1.807, 2.05) is 35.7 Å². The summed E-state index contributed by atoms with van der Waals surface area (Å²) in [5.41, 5.74) is 0.793. The molecule has 0 aliphatic carbocycles. The lowest BCUT2D eigenvalue weighted by Crippen LogP contribution is -2.38. The van der Waals surface area contributed by atoms with Crippen molar-refractivity contribution in [2.75, 3.05) is 30.3 Å². The molecule has 0 N–H and O–H groups in total. The minimum atomic E-state index is 0.186. The van der Waals surface area contributed by atoms with E-state index >= 15 is 0 Å². The largest absolute Gasteiger partial charge is 0.340 e. The molecule has 3 rings (SSSR count). The van der Waals surface area contributed by atoms with Crippen molar-refractivity contribution < 1.29 is 9.32 Å². The second-order valence-corrected chi connectivity index (χ2v) is 7.26. The van der Waals surface area contributed by atoms with Crippen LogP contribution >= 0.6 is 23.5 Å². The van der Waals surface area contributed by atoms with E-state index in [-0.39, 0.29) is 5.91 Å². The normalized spacial score (nSPS) is 14.9. The molecule has 1 fully saturated rings. The molecule has 1 aliphatic heterocycles. The van der Waals surface area contributed by atoms with E-state index in [0.29, 0.717) is 17.5 Å². The van der Waals surface area contributed by atoms with Gasteiger partial charge in [0.15, 0.2) is 5.82 Å². The van der Waals surface area contributed by atoms with Crippen LogP contribution in [-0.2, 0) is 11.2 Å². The number of aromatic nitrogens is 3. The summed E-state index contributed by atoms with van der Waals surface area (Å²) < 4.78 is 5.19. The van der Waals surface area contributed by atoms with Gasteiger partial charge in [0.1, 0.15) is 0 Å². The maximum atomic E-state index is 12.1. The second kappa shape index (κ2) is 7.83. The Labute approximate surface area is 143 Å². The van der Waals surface area contributed by atoms with Gasteiger partial charge in [-0.2, -0.15) is 16.7 Å². The number of nitrogens with zero attached hydrogens (tertiary/aromatic N) is 4. The van der Waals surface area contributed by atoms with Crippen molar-refractivity contribution in [1.82, 2.24) is 20.0 Å². The summed E-state index contributed by atoms with van der Waals surface area (Å²) in [6.07, 6.45) is 2.44. The first-order chi connectivity index (χ1) is 11.3. The smallest absolute Gasteiger partial charge is 0.259 e. The fourth-order valence-electron chi connectivity index (χ4n) is 2.15. The zero-order valence-electron chi connectivity index (χ0n) is 12.9. The first kappa shape index (κ1) is 16.3. The van der Waals surface area contributed by atoms with Crippen LogP contribution in [0.1, 0.15) is 12.7 Å².